The molecule has 2 saturated heterocycles. The second-order valence-electron chi connectivity index (χ2n) is 4.56. The highest BCUT2D eigenvalue weighted by molar-refractivity contribution is 5.79. The minimum absolute atomic E-state index is 0.286. The summed E-state index contributed by atoms with van der Waals surface area (Å²) in [6.07, 6.45) is 2.10. The van der Waals surface area contributed by atoms with Crippen LogP contribution in [-0.4, -0.2) is 43.8 Å². The van der Waals surface area contributed by atoms with Gasteiger partial charge in [0, 0.05) is 13.2 Å². The summed E-state index contributed by atoms with van der Waals surface area (Å²) in [5.41, 5.74) is 0. The molecule has 98 valence electrons. The van der Waals surface area contributed by atoms with Crippen molar-refractivity contribution in [2.75, 3.05) is 19.7 Å². The van der Waals surface area contributed by atoms with Crippen LogP contribution in [0, 0.1) is 0 Å². The summed E-state index contributed by atoms with van der Waals surface area (Å²) in [7, 11) is 0. The predicted molar refractivity (Wildman–Crippen MR) is 55.9 cm³/mol. The predicted octanol–water partition coefficient (Wildman–Crippen LogP) is 1.10. The van der Waals surface area contributed by atoms with Gasteiger partial charge in [-0.15, -0.1) is 0 Å². The van der Waals surface area contributed by atoms with Crippen LogP contribution in [0.2, 0.25) is 0 Å². The third-order valence-corrected chi connectivity index (χ3v) is 3.10. The van der Waals surface area contributed by atoms with Gasteiger partial charge in [-0.2, -0.15) is 8.78 Å². The van der Waals surface area contributed by atoms with Crippen molar-refractivity contribution in [2.24, 2.45) is 0 Å². The molecule has 1 N–H and O–H groups in total. The molecular weight excluding hydrogens is 232 g/mol. The Labute approximate surface area is 98.6 Å². The number of carbonyl (C=O) groups is 1. The van der Waals surface area contributed by atoms with Crippen LogP contribution in [0.4, 0.5) is 8.78 Å². The maximum Gasteiger partial charge on any atom is 0.377 e. The number of rotatable bonds is 5. The molecule has 0 radical (unpaired) electrons. The van der Waals surface area contributed by atoms with Gasteiger partial charge in [0.2, 0.25) is 0 Å². The molecule has 2 atom stereocenters. The Morgan fingerprint density at radius 1 is 1.41 bits per heavy atom. The van der Waals surface area contributed by atoms with Gasteiger partial charge in [0.05, 0.1) is 12.5 Å². The van der Waals surface area contributed by atoms with Crippen molar-refractivity contribution >= 4 is 5.97 Å². The summed E-state index contributed by atoms with van der Waals surface area (Å²) in [6.45, 7) is 1.80. The molecule has 0 spiro atoms. The summed E-state index contributed by atoms with van der Waals surface area (Å²) in [5.74, 6) is -4.70. The maximum absolute atomic E-state index is 12.8. The SMILES string of the molecule is O=C1OC(CNCCC2CCCO2)CC1(F)F. The Hall–Kier alpha value is -0.750. The van der Waals surface area contributed by atoms with E-state index in [4.69, 9.17) is 4.74 Å². The van der Waals surface area contributed by atoms with Crippen LogP contribution in [-0.2, 0) is 14.3 Å². The zero-order chi connectivity index (χ0) is 12.3. The summed E-state index contributed by atoms with van der Waals surface area (Å²) >= 11 is 0. The largest absolute Gasteiger partial charge is 0.456 e. The lowest BCUT2D eigenvalue weighted by molar-refractivity contribution is -0.159. The lowest BCUT2D eigenvalue weighted by Gasteiger charge is -2.12. The molecule has 2 aliphatic rings. The molecule has 2 fully saturated rings. The Kier molecular flexibility index (Phi) is 3.93. The second kappa shape index (κ2) is 5.27. The highest BCUT2D eigenvalue weighted by atomic mass is 19.3. The minimum Gasteiger partial charge on any atom is -0.456 e. The van der Waals surface area contributed by atoms with Gasteiger partial charge in [0.1, 0.15) is 6.10 Å². The minimum atomic E-state index is -3.30. The van der Waals surface area contributed by atoms with Crippen molar-refractivity contribution in [1.29, 1.82) is 0 Å². The number of hydrogen-bond donors (Lipinski definition) is 1. The lowest BCUT2D eigenvalue weighted by atomic mass is 10.1. The first-order valence-electron chi connectivity index (χ1n) is 5.99. The molecule has 2 unspecified atom stereocenters. The van der Waals surface area contributed by atoms with Gasteiger partial charge >= 0.3 is 11.9 Å². The number of ether oxygens (including phenoxy) is 2. The highest BCUT2D eigenvalue weighted by Crippen LogP contribution is 2.30. The molecule has 2 rings (SSSR count). The van der Waals surface area contributed by atoms with Crippen molar-refractivity contribution < 1.29 is 23.0 Å². The van der Waals surface area contributed by atoms with Crippen LogP contribution in [0.5, 0.6) is 0 Å². The van der Waals surface area contributed by atoms with Crippen molar-refractivity contribution in [3.63, 3.8) is 0 Å². The second-order valence-corrected chi connectivity index (χ2v) is 4.56. The fourth-order valence-electron chi connectivity index (χ4n) is 2.16. The number of carbonyl (C=O) groups excluding carboxylic acids is 1. The third-order valence-electron chi connectivity index (χ3n) is 3.10. The van der Waals surface area contributed by atoms with E-state index in [1.165, 1.54) is 0 Å². The third kappa shape index (κ3) is 3.35. The van der Waals surface area contributed by atoms with Gasteiger partial charge in [-0.25, -0.2) is 4.79 Å². The number of nitrogens with one attached hydrogen (secondary N) is 1. The Balaban J connectivity index is 1.58. The number of halogens is 2. The molecule has 0 aliphatic carbocycles. The van der Waals surface area contributed by atoms with E-state index in [-0.39, 0.29) is 12.6 Å². The van der Waals surface area contributed by atoms with E-state index in [1.54, 1.807) is 0 Å². The van der Waals surface area contributed by atoms with E-state index in [2.05, 4.69) is 10.1 Å². The molecular formula is C11H17F2NO3. The van der Waals surface area contributed by atoms with Crippen LogP contribution in [0.1, 0.15) is 25.7 Å². The average Bonchev–Trinajstić information content (AvgIpc) is 2.83. The van der Waals surface area contributed by atoms with Crippen LogP contribution in [0.3, 0.4) is 0 Å². The van der Waals surface area contributed by atoms with Gasteiger partial charge in [-0.05, 0) is 25.8 Å². The first-order chi connectivity index (χ1) is 8.08. The number of hydrogen-bond acceptors (Lipinski definition) is 4. The van der Waals surface area contributed by atoms with Crippen molar-refractivity contribution in [2.45, 2.75) is 43.8 Å². The van der Waals surface area contributed by atoms with Crippen molar-refractivity contribution in [3.8, 4) is 0 Å². The highest BCUT2D eigenvalue weighted by Gasteiger charge is 2.50. The summed E-state index contributed by atoms with van der Waals surface area (Å²) in [5, 5.41) is 3.02. The molecule has 6 heteroatoms. The van der Waals surface area contributed by atoms with Gasteiger partial charge in [-0.1, -0.05) is 0 Å². The van der Waals surface area contributed by atoms with Crippen molar-refractivity contribution in [1.82, 2.24) is 5.32 Å². The normalized spacial score (nSPS) is 31.8. The molecule has 17 heavy (non-hydrogen) atoms. The van der Waals surface area contributed by atoms with Crippen LogP contribution >= 0.6 is 0 Å². The van der Waals surface area contributed by atoms with Crippen LogP contribution in [0.25, 0.3) is 0 Å². The first-order valence-corrected chi connectivity index (χ1v) is 5.99. The van der Waals surface area contributed by atoms with Gasteiger partial charge in [-0.3, -0.25) is 0 Å². The Morgan fingerprint density at radius 3 is 2.82 bits per heavy atom. The van der Waals surface area contributed by atoms with Gasteiger partial charge in [0.15, 0.2) is 0 Å². The fourth-order valence-corrected chi connectivity index (χ4v) is 2.16. The van der Waals surface area contributed by atoms with Crippen LogP contribution in [0.15, 0.2) is 0 Å². The number of alkyl halides is 2. The molecule has 0 bridgehead atoms. The zero-order valence-corrected chi connectivity index (χ0v) is 9.59. The zero-order valence-electron chi connectivity index (χ0n) is 9.59. The fraction of sp³-hybridized carbons (Fsp3) is 0.909. The molecule has 2 aliphatic heterocycles. The topological polar surface area (TPSA) is 47.6 Å². The molecule has 4 nitrogen and oxygen atoms in total. The van der Waals surface area contributed by atoms with Gasteiger partial charge < -0.3 is 14.8 Å². The molecule has 0 aromatic carbocycles. The summed E-state index contributed by atoms with van der Waals surface area (Å²) < 4.78 is 35.6. The van der Waals surface area contributed by atoms with E-state index in [9.17, 15) is 13.6 Å². The summed E-state index contributed by atoms with van der Waals surface area (Å²) in [6, 6.07) is 0. The quantitative estimate of drug-likeness (QED) is 0.585. The average molecular weight is 249 g/mol. The Bertz CT molecular complexity index is 280. The molecule has 0 aromatic heterocycles. The molecule has 2 heterocycles. The standard InChI is InChI=1S/C11H17F2NO3/c12-11(13)6-9(17-10(11)15)7-14-4-3-8-2-1-5-16-8/h8-9,14H,1-7H2. The monoisotopic (exact) mass is 249 g/mol. The Morgan fingerprint density at radius 2 is 2.24 bits per heavy atom. The smallest absolute Gasteiger partial charge is 0.377 e. The van der Waals surface area contributed by atoms with Crippen molar-refractivity contribution in [3.05, 3.63) is 0 Å². The number of cyclic esters (lactones) is 1. The first kappa shape index (κ1) is 12.7. The van der Waals surface area contributed by atoms with E-state index < -0.39 is 24.4 Å². The lowest BCUT2D eigenvalue weighted by Crippen LogP contribution is -2.29. The van der Waals surface area contributed by atoms with Crippen LogP contribution < -0.4 is 5.32 Å². The molecule has 0 amide bonds. The van der Waals surface area contributed by atoms with E-state index in [0.29, 0.717) is 6.54 Å². The molecule has 0 aromatic rings. The van der Waals surface area contributed by atoms with Gasteiger partial charge in [0.25, 0.3) is 0 Å². The maximum atomic E-state index is 12.8. The molecule has 0 saturated carbocycles. The number of esters is 1. The van der Waals surface area contributed by atoms with E-state index in [0.717, 1.165) is 25.9 Å². The summed E-state index contributed by atoms with van der Waals surface area (Å²) in [4.78, 5) is 10.7. The van der Waals surface area contributed by atoms with E-state index in [1.807, 2.05) is 0 Å². The van der Waals surface area contributed by atoms with E-state index >= 15 is 0 Å².